The van der Waals surface area contributed by atoms with Crippen molar-refractivity contribution in [1.82, 2.24) is 0 Å². The Morgan fingerprint density at radius 2 is 0.800 bits per heavy atom. The van der Waals surface area contributed by atoms with Gasteiger partial charge in [0.25, 0.3) is 0 Å². The van der Waals surface area contributed by atoms with Gasteiger partial charge in [-0.2, -0.15) is 0 Å². The minimum absolute atomic E-state index is 1.15. The molecule has 0 unspecified atom stereocenters. The van der Waals surface area contributed by atoms with Gasteiger partial charge in [-0.1, -0.05) is 57.8 Å². The molecule has 15 heavy (non-hydrogen) atoms. The number of rotatable bonds is 0. The van der Waals surface area contributed by atoms with E-state index in [1.54, 1.807) is 64.2 Å². The predicted molar refractivity (Wildman–Crippen MR) is 64.7 cm³/mol. The summed E-state index contributed by atoms with van der Waals surface area (Å²) < 4.78 is 0. The van der Waals surface area contributed by atoms with Crippen LogP contribution in [0.2, 0.25) is 0 Å². The van der Waals surface area contributed by atoms with Crippen LogP contribution in [0.15, 0.2) is 0 Å². The zero-order chi connectivity index (χ0) is 10.1. The molecule has 0 radical (unpaired) electrons. The van der Waals surface area contributed by atoms with Crippen LogP contribution in [0.25, 0.3) is 0 Å². The summed E-state index contributed by atoms with van der Waals surface area (Å²) in [5.74, 6) is 4.66. The van der Waals surface area contributed by atoms with Gasteiger partial charge in [0.2, 0.25) is 0 Å². The van der Waals surface area contributed by atoms with Crippen molar-refractivity contribution in [3.63, 3.8) is 0 Å². The quantitative estimate of drug-likeness (QED) is 0.535. The molecule has 0 aliphatic heterocycles. The monoisotopic (exact) mass is 206 g/mol. The highest BCUT2D eigenvalue weighted by Gasteiger charge is 2.32. The van der Waals surface area contributed by atoms with Crippen LogP contribution in [0, 0.1) is 23.7 Å². The largest absolute Gasteiger partial charge is 0.0528 e. The lowest BCUT2D eigenvalue weighted by atomic mass is 9.65. The normalized spacial score (nSPS) is 46.4. The molecule has 4 bridgehead atoms. The van der Waals surface area contributed by atoms with E-state index < -0.39 is 0 Å². The molecule has 0 amide bonds. The molecule has 0 atom stereocenters. The molecule has 6 aliphatic rings. The summed E-state index contributed by atoms with van der Waals surface area (Å²) >= 11 is 0. The second-order valence-electron chi connectivity index (χ2n) is 6.60. The van der Waals surface area contributed by atoms with E-state index in [9.17, 15) is 0 Å². The van der Waals surface area contributed by atoms with E-state index in [1.165, 1.54) is 18.3 Å². The summed E-state index contributed by atoms with van der Waals surface area (Å²) in [5.41, 5.74) is 0. The molecule has 0 aromatic heterocycles. The Hall–Kier alpha value is 0. The highest BCUT2D eigenvalue weighted by Crippen LogP contribution is 2.45. The zero-order valence-electron chi connectivity index (χ0n) is 10.1. The van der Waals surface area contributed by atoms with Crippen LogP contribution in [-0.4, -0.2) is 0 Å². The minimum Gasteiger partial charge on any atom is -0.0528 e. The maximum absolute atomic E-state index is 1.58. The Morgan fingerprint density at radius 1 is 0.400 bits per heavy atom. The molecule has 0 aromatic rings. The molecule has 6 aliphatic carbocycles. The second-order valence-corrected chi connectivity index (χ2v) is 6.60. The van der Waals surface area contributed by atoms with Gasteiger partial charge in [-0.05, 0) is 36.5 Å². The van der Waals surface area contributed by atoms with E-state index in [2.05, 4.69) is 0 Å². The first-order chi connectivity index (χ1) is 7.40. The van der Waals surface area contributed by atoms with E-state index in [-0.39, 0.29) is 0 Å². The first-order valence-electron chi connectivity index (χ1n) is 7.40. The van der Waals surface area contributed by atoms with E-state index in [1.807, 2.05) is 0 Å². The van der Waals surface area contributed by atoms with E-state index in [0.29, 0.717) is 0 Å². The maximum Gasteiger partial charge on any atom is -0.0409 e. The summed E-state index contributed by atoms with van der Waals surface area (Å²) in [6.45, 7) is 0. The van der Waals surface area contributed by atoms with Crippen molar-refractivity contribution >= 4 is 0 Å². The predicted octanol–water partition coefficient (Wildman–Crippen LogP) is 4.78. The zero-order valence-corrected chi connectivity index (χ0v) is 10.1. The molecule has 0 N–H and O–H groups in total. The van der Waals surface area contributed by atoms with Gasteiger partial charge in [0.05, 0.1) is 0 Å². The first-order valence-corrected chi connectivity index (χ1v) is 7.40. The summed E-state index contributed by atoms with van der Waals surface area (Å²) in [5, 5.41) is 0. The average molecular weight is 206 g/mol. The Kier molecular flexibility index (Phi) is 3.03. The van der Waals surface area contributed by atoms with Gasteiger partial charge in [-0.25, -0.2) is 0 Å². The summed E-state index contributed by atoms with van der Waals surface area (Å²) in [6, 6.07) is 0. The van der Waals surface area contributed by atoms with Crippen LogP contribution in [0.5, 0.6) is 0 Å². The molecule has 6 fully saturated rings. The SMILES string of the molecule is C1CC2CC(C1)C2.C1CC2CCC1CC2. The van der Waals surface area contributed by atoms with Gasteiger partial charge in [0.1, 0.15) is 0 Å². The Bertz CT molecular complexity index is 158. The van der Waals surface area contributed by atoms with Crippen LogP contribution in [-0.2, 0) is 0 Å². The van der Waals surface area contributed by atoms with Gasteiger partial charge >= 0.3 is 0 Å². The fraction of sp³-hybridized carbons (Fsp3) is 1.00. The minimum atomic E-state index is 1.15. The van der Waals surface area contributed by atoms with Crippen molar-refractivity contribution < 1.29 is 0 Å². The number of hydrogen-bond acceptors (Lipinski definition) is 0. The van der Waals surface area contributed by atoms with Crippen LogP contribution in [0.1, 0.15) is 70.6 Å². The molecular formula is C15H26. The Balaban J connectivity index is 0.0000000971. The standard InChI is InChI=1S/C8H14.C7H12/c1-2-8-5-3-7(1)4-6-8;1-2-6-4-7(3-1)5-6/h7-8H,1-6H2;6-7H,1-5H2. The highest BCUT2D eigenvalue weighted by molar-refractivity contribution is 4.84. The third-order valence-corrected chi connectivity index (χ3v) is 5.51. The van der Waals surface area contributed by atoms with Crippen molar-refractivity contribution in [3.05, 3.63) is 0 Å². The second kappa shape index (κ2) is 4.47. The van der Waals surface area contributed by atoms with Crippen molar-refractivity contribution in [2.24, 2.45) is 23.7 Å². The fourth-order valence-corrected chi connectivity index (χ4v) is 4.32. The molecule has 0 heteroatoms. The smallest absolute Gasteiger partial charge is 0.0409 e. The van der Waals surface area contributed by atoms with E-state index in [0.717, 1.165) is 11.8 Å². The van der Waals surface area contributed by atoms with Gasteiger partial charge in [-0.3, -0.25) is 0 Å². The van der Waals surface area contributed by atoms with Crippen molar-refractivity contribution in [2.45, 2.75) is 70.6 Å². The van der Waals surface area contributed by atoms with Crippen LogP contribution in [0.3, 0.4) is 0 Å². The van der Waals surface area contributed by atoms with Crippen LogP contribution < -0.4 is 0 Å². The summed E-state index contributed by atoms with van der Waals surface area (Å²) in [4.78, 5) is 0. The lowest BCUT2D eigenvalue weighted by Crippen LogP contribution is -2.28. The molecular weight excluding hydrogens is 180 g/mol. The fourth-order valence-electron chi connectivity index (χ4n) is 4.32. The lowest BCUT2D eigenvalue weighted by molar-refractivity contribution is 0.116. The van der Waals surface area contributed by atoms with Crippen molar-refractivity contribution in [3.8, 4) is 0 Å². The number of fused-ring (bicyclic) bond motifs is 5. The Labute approximate surface area is 94.8 Å². The lowest BCUT2D eigenvalue weighted by Gasteiger charge is -2.40. The van der Waals surface area contributed by atoms with E-state index in [4.69, 9.17) is 0 Å². The molecule has 86 valence electrons. The maximum atomic E-state index is 1.58. The van der Waals surface area contributed by atoms with Gasteiger partial charge < -0.3 is 0 Å². The van der Waals surface area contributed by atoms with Crippen molar-refractivity contribution in [1.29, 1.82) is 0 Å². The van der Waals surface area contributed by atoms with Gasteiger partial charge in [-0.15, -0.1) is 0 Å². The Morgan fingerprint density at radius 3 is 0.933 bits per heavy atom. The molecule has 0 saturated heterocycles. The molecule has 0 aromatic carbocycles. The average Bonchev–Trinajstić information content (AvgIpc) is 2.33. The third kappa shape index (κ3) is 2.40. The third-order valence-electron chi connectivity index (χ3n) is 5.51. The van der Waals surface area contributed by atoms with Gasteiger partial charge in [0, 0.05) is 0 Å². The molecule has 0 nitrogen and oxygen atoms in total. The summed E-state index contributed by atoms with van der Waals surface area (Å²) in [7, 11) is 0. The highest BCUT2D eigenvalue weighted by atomic mass is 14.4. The first kappa shape index (κ1) is 10.2. The van der Waals surface area contributed by atoms with Gasteiger partial charge in [0.15, 0.2) is 0 Å². The molecule has 0 heterocycles. The van der Waals surface area contributed by atoms with E-state index >= 15 is 0 Å². The molecule has 6 rings (SSSR count). The van der Waals surface area contributed by atoms with Crippen molar-refractivity contribution in [2.75, 3.05) is 0 Å². The molecule has 6 saturated carbocycles. The van der Waals surface area contributed by atoms with Crippen LogP contribution in [0.4, 0.5) is 0 Å². The van der Waals surface area contributed by atoms with Crippen LogP contribution >= 0.6 is 0 Å². The molecule has 0 spiro atoms. The topological polar surface area (TPSA) is 0 Å². The summed E-state index contributed by atoms with van der Waals surface area (Å²) in [6.07, 6.45) is 17.2. The number of hydrogen-bond donors (Lipinski definition) is 0.